The number of carbonyl (C=O) groups excluding carboxylic acids is 1. The molecule has 54 valence electrons. The van der Waals surface area contributed by atoms with Crippen LogP contribution in [0.1, 0.15) is 0 Å². The topological polar surface area (TPSA) is 37.3 Å². The van der Waals surface area contributed by atoms with Crippen LogP contribution in [-0.4, -0.2) is 10.9 Å². The first-order valence-electron chi connectivity index (χ1n) is 3.33. The first-order valence-corrected chi connectivity index (χ1v) is 3.33. The van der Waals surface area contributed by atoms with Crippen molar-refractivity contribution in [3.05, 3.63) is 47.3 Å². The zero-order valence-electron chi connectivity index (χ0n) is 5.74. The van der Waals surface area contributed by atoms with Crippen LogP contribution >= 0.6 is 0 Å². The second-order valence-corrected chi connectivity index (χ2v) is 2.47. The smallest absolute Gasteiger partial charge is 0.220 e. The minimum absolute atomic E-state index is 0.177. The largest absolute Gasteiger partial charge is 0.504 e. The molecule has 0 spiro atoms. The highest BCUT2D eigenvalue weighted by molar-refractivity contribution is 6.05. The van der Waals surface area contributed by atoms with E-state index in [2.05, 4.69) is 0 Å². The number of allylic oxidation sites excluding steroid dienone is 7. The molecule has 0 saturated heterocycles. The number of hydrogen-bond donors (Lipinski definition) is 1. The van der Waals surface area contributed by atoms with Gasteiger partial charge in [-0.25, -0.2) is 0 Å². The summed E-state index contributed by atoms with van der Waals surface area (Å²) in [6.07, 6.45) is 8.47. The summed E-state index contributed by atoms with van der Waals surface area (Å²) in [7, 11) is 0. The molecule has 2 heteroatoms. The van der Waals surface area contributed by atoms with E-state index in [0.29, 0.717) is 0 Å². The monoisotopic (exact) mass is 146 g/mol. The number of ketones is 1. The van der Waals surface area contributed by atoms with Gasteiger partial charge in [-0.05, 0) is 23.3 Å². The molecule has 0 radical (unpaired) electrons. The van der Waals surface area contributed by atoms with Crippen molar-refractivity contribution in [2.75, 3.05) is 0 Å². The average Bonchev–Trinajstić information content (AvgIpc) is 2.36. The van der Waals surface area contributed by atoms with Gasteiger partial charge in [0, 0.05) is 0 Å². The molecule has 2 rings (SSSR count). The van der Waals surface area contributed by atoms with Gasteiger partial charge in [0.2, 0.25) is 5.78 Å². The van der Waals surface area contributed by atoms with Gasteiger partial charge in [-0.1, -0.05) is 18.2 Å². The Morgan fingerprint density at radius 3 is 2.82 bits per heavy atom. The zero-order valence-corrected chi connectivity index (χ0v) is 5.74. The predicted octanol–water partition coefficient (Wildman–Crippen LogP) is 1.43. The quantitative estimate of drug-likeness (QED) is 0.561. The summed E-state index contributed by atoms with van der Waals surface area (Å²) in [4.78, 5) is 10.9. The first-order chi connectivity index (χ1) is 5.27. The highest BCUT2D eigenvalue weighted by atomic mass is 16.3. The van der Waals surface area contributed by atoms with Crippen LogP contribution < -0.4 is 0 Å². The summed E-state index contributed by atoms with van der Waals surface area (Å²) in [6.45, 7) is 0. The molecule has 0 fully saturated rings. The maximum atomic E-state index is 10.9. The molecular formula is C9H6O2. The van der Waals surface area contributed by atoms with E-state index in [1.807, 2.05) is 18.2 Å². The number of rotatable bonds is 0. The molecule has 0 amide bonds. The van der Waals surface area contributed by atoms with Crippen LogP contribution in [0.2, 0.25) is 0 Å². The van der Waals surface area contributed by atoms with Crippen LogP contribution in [0, 0.1) is 0 Å². The van der Waals surface area contributed by atoms with Crippen molar-refractivity contribution >= 4 is 5.78 Å². The van der Waals surface area contributed by atoms with E-state index >= 15 is 0 Å². The third-order valence-corrected chi connectivity index (χ3v) is 1.72. The summed E-state index contributed by atoms with van der Waals surface area (Å²) >= 11 is 0. The van der Waals surface area contributed by atoms with Crippen LogP contribution in [0.25, 0.3) is 0 Å². The van der Waals surface area contributed by atoms with Crippen LogP contribution in [0.15, 0.2) is 47.3 Å². The summed E-state index contributed by atoms with van der Waals surface area (Å²) in [6, 6.07) is 0. The van der Waals surface area contributed by atoms with E-state index in [0.717, 1.165) is 11.1 Å². The molecule has 0 bridgehead atoms. The molecular weight excluding hydrogens is 140 g/mol. The van der Waals surface area contributed by atoms with E-state index in [1.54, 1.807) is 0 Å². The standard InChI is InChI=1S/C9H6O2/c10-8-4-6-2-1-3-7(6)5-9(8)11/h1-5,10H. The van der Waals surface area contributed by atoms with Gasteiger partial charge in [0.1, 0.15) is 0 Å². The van der Waals surface area contributed by atoms with Gasteiger partial charge in [-0.2, -0.15) is 0 Å². The minimum Gasteiger partial charge on any atom is -0.504 e. The maximum absolute atomic E-state index is 10.9. The van der Waals surface area contributed by atoms with E-state index in [-0.39, 0.29) is 11.5 Å². The Bertz CT molecular complexity index is 341. The molecule has 0 atom stereocenters. The lowest BCUT2D eigenvalue weighted by atomic mass is 10.0. The van der Waals surface area contributed by atoms with Crippen molar-refractivity contribution in [3.8, 4) is 0 Å². The molecule has 2 aliphatic rings. The fourth-order valence-corrected chi connectivity index (χ4v) is 1.14. The van der Waals surface area contributed by atoms with Crippen LogP contribution in [-0.2, 0) is 4.79 Å². The summed E-state index contributed by atoms with van der Waals surface area (Å²) < 4.78 is 0. The number of aliphatic hydroxyl groups excluding tert-OH is 1. The lowest BCUT2D eigenvalue weighted by Crippen LogP contribution is -2.04. The Labute approximate surface area is 63.8 Å². The zero-order chi connectivity index (χ0) is 7.84. The molecule has 2 nitrogen and oxygen atoms in total. The number of aliphatic hydroxyl groups is 1. The summed E-state index contributed by atoms with van der Waals surface area (Å²) in [5, 5.41) is 9.02. The molecule has 0 saturated carbocycles. The van der Waals surface area contributed by atoms with Crippen LogP contribution in [0.3, 0.4) is 0 Å². The minimum atomic E-state index is -0.316. The molecule has 1 N–H and O–H groups in total. The number of carbonyl (C=O) groups is 1. The van der Waals surface area contributed by atoms with Crippen LogP contribution in [0.4, 0.5) is 0 Å². The average molecular weight is 146 g/mol. The highest BCUT2D eigenvalue weighted by Gasteiger charge is 2.16. The van der Waals surface area contributed by atoms with Crippen LogP contribution in [0.5, 0.6) is 0 Å². The molecule has 0 unspecified atom stereocenters. The maximum Gasteiger partial charge on any atom is 0.220 e. The Hall–Kier alpha value is -1.57. The van der Waals surface area contributed by atoms with Gasteiger partial charge in [0.25, 0.3) is 0 Å². The Kier molecular flexibility index (Phi) is 1.09. The molecule has 0 aliphatic heterocycles. The predicted molar refractivity (Wildman–Crippen MR) is 41.0 cm³/mol. The Morgan fingerprint density at radius 2 is 2.00 bits per heavy atom. The fraction of sp³-hybridized carbons (Fsp3) is 0. The van der Waals surface area contributed by atoms with Crippen molar-refractivity contribution in [1.29, 1.82) is 0 Å². The second kappa shape index (κ2) is 1.95. The van der Waals surface area contributed by atoms with Gasteiger partial charge < -0.3 is 5.11 Å². The Morgan fingerprint density at radius 1 is 1.18 bits per heavy atom. The van der Waals surface area contributed by atoms with Crippen molar-refractivity contribution in [3.63, 3.8) is 0 Å². The van der Waals surface area contributed by atoms with Gasteiger partial charge in [0.05, 0.1) is 0 Å². The highest BCUT2D eigenvalue weighted by Crippen LogP contribution is 2.24. The Balaban J connectivity index is 2.51. The van der Waals surface area contributed by atoms with E-state index < -0.39 is 0 Å². The van der Waals surface area contributed by atoms with Gasteiger partial charge in [-0.3, -0.25) is 4.79 Å². The van der Waals surface area contributed by atoms with Gasteiger partial charge in [-0.15, -0.1) is 0 Å². The summed E-state index contributed by atoms with van der Waals surface area (Å²) in [5.74, 6) is -0.493. The SMILES string of the molecule is O=C1C=C2C=CC=C2C=C1O. The fourth-order valence-electron chi connectivity index (χ4n) is 1.14. The molecule has 0 heterocycles. The molecule has 0 aromatic carbocycles. The van der Waals surface area contributed by atoms with Crippen molar-refractivity contribution in [1.82, 2.24) is 0 Å². The van der Waals surface area contributed by atoms with E-state index in [4.69, 9.17) is 5.11 Å². The molecule has 0 aromatic rings. The molecule has 0 aromatic heterocycles. The van der Waals surface area contributed by atoms with E-state index in [1.165, 1.54) is 12.2 Å². The van der Waals surface area contributed by atoms with Crippen molar-refractivity contribution < 1.29 is 9.90 Å². The second-order valence-electron chi connectivity index (χ2n) is 2.47. The van der Waals surface area contributed by atoms with E-state index in [9.17, 15) is 4.79 Å². The first kappa shape index (κ1) is 6.16. The van der Waals surface area contributed by atoms with Gasteiger partial charge in [0.15, 0.2) is 5.76 Å². The third kappa shape index (κ3) is 0.835. The summed E-state index contributed by atoms with van der Waals surface area (Å²) in [5.41, 5.74) is 1.79. The van der Waals surface area contributed by atoms with Crippen molar-refractivity contribution in [2.45, 2.75) is 0 Å². The molecule has 11 heavy (non-hydrogen) atoms. The normalized spacial score (nSPS) is 20.7. The van der Waals surface area contributed by atoms with Crippen molar-refractivity contribution in [2.24, 2.45) is 0 Å². The third-order valence-electron chi connectivity index (χ3n) is 1.72. The molecule has 2 aliphatic carbocycles. The van der Waals surface area contributed by atoms with Gasteiger partial charge >= 0.3 is 0 Å². The lowest BCUT2D eigenvalue weighted by molar-refractivity contribution is -0.113. The number of hydrogen-bond acceptors (Lipinski definition) is 2. The number of fused-ring (bicyclic) bond motifs is 1. The lowest BCUT2D eigenvalue weighted by Gasteiger charge is -2.05.